The minimum Gasteiger partial charge on any atom is -0.491 e. The Labute approximate surface area is 229 Å². The summed E-state index contributed by atoms with van der Waals surface area (Å²) in [6, 6.07) is 13.3. The van der Waals surface area contributed by atoms with Crippen molar-refractivity contribution in [3.05, 3.63) is 81.7 Å². The third-order valence-electron chi connectivity index (χ3n) is 7.96. The number of hydrogen-bond acceptors (Lipinski definition) is 5. The van der Waals surface area contributed by atoms with Crippen molar-refractivity contribution < 1.29 is 28.5 Å². The number of aliphatic hydroxyl groups excluding tert-OH is 1. The van der Waals surface area contributed by atoms with Crippen molar-refractivity contribution in [2.45, 2.75) is 66.1 Å². The van der Waals surface area contributed by atoms with Crippen LogP contribution in [0.25, 0.3) is 11.1 Å². The van der Waals surface area contributed by atoms with Gasteiger partial charge in [-0.25, -0.2) is 4.39 Å². The molecule has 206 valence electrons. The Morgan fingerprint density at radius 1 is 1.05 bits per heavy atom. The van der Waals surface area contributed by atoms with E-state index in [1.54, 1.807) is 13.0 Å². The van der Waals surface area contributed by atoms with E-state index in [0.29, 0.717) is 23.8 Å². The van der Waals surface area contributed by atoms with Crippen LogP contribution in [0.3, 0.4) is 0 Å². The van der Waals surface area contributed by atoms with Crippen LogP contribution in [0.2, 0.25) is 0 Å². The summed E-state index contributed by atoms with van der Waals surface area (Å²) in [5, 5.41) is 9.53. The number of carbonyl (C=O) groups excluding carboxylic acids is 1. The Bertz CT molecular complexity index is 1370. The number of halogens is 1. The van der Waals surface area contributed by atoms with Crippen molar-refractivity contribution in [3.8, 4) is 22.6 Å². The first-order valence-electron chi connectivity index (χ1n) is 13.9. The van der Waals surface area contributed by atoms with Gasteiger partial charge < -0.3 is 19.3 Å². The summed E-state index contributed by atoms with van der Waals surface area (Å²) < 4.78 is 32.1. The Kier molecular flexibility index (Phi) is 7.68. The number of benzene rings is 3. The van der Waals surface area contributed by atoms with Gasteiger partial charge in [-0.2, -0.15) is 0 Å². The smallest absolute Gasteiger partial charge is 0.309 e. The highest BCUT2D eigenvalue weighted by molar-refractivity contribution is 5.80. The van der Waals surface area contributed by atoms with Gasteiger partial charge in [0.15, 0.2) is 0 Å². The van der Waals surface area contributed by atoms with Crippen molar-refractivity contribution in [2.24, 2.45) is 11.8 Å². The second-order valence-electron chi connectivity index (χ2n) is 10.9. The lowest BCUT2D eigenvalue weighted by molar-refractivity contribution is -0.145. The highest BCUT2D eigenvalue weighted by Crippen LogP contribution is 2.62. The number of ether oxygens (including phenoxy) is 3. The van der Waals surface area contributed by atoms with Crippen LogP contribution in [0.4, 0.5) is 4.39 Å². The zero-order chi connectivity index (χ0) is 27.8. The third-order valence-corrected chi connectivity index (χ3v) is 7.96. The lowest BCUT2D eigenvalue weighted by atomic mass is 9.94. The van der Waals surface area contributed by atoms with E-state index in [9.17, 15) is 14.3 Å². The van der Waals surface area contributed by atoms with Crippen LogP contribution < -0.4 is 9.47 Å². The van der Waals surface area contributed by atoms with E-state index in [2.05, 4.69) is 19.1 Å². The quantitative estimate of drug-likeness (QED) is 0.304. The monoisotopic (exact) mass is 532 g/mol. The number of rotatable bonds is 10. The average Bonchev–Trinajstić information content (AvgIpc) is 3.49. The van der Waals surface area contributed by atoms with Gasteiger partial charge in [-0.1, -0.05) is 19.1 Å². The molecule has 2 aliphatic rings. The largest absolute Gasteiger partial charge is 0.491 e. The van der Waals surface area contributed by atoms with Crippen LogP contribution in [-0.2, 0) is 29.0 Å². The molecule has 4 atom stereocenters. The van der Waals surface area contributed by atoms with E-state index in [1.165, 1.54) is 17.2 Å². The minimum absolute atomic E-state index is 0.0171. The van der Waals surface area contributed by atoms with Crippen molar-refractivity contribution >= 4 is 5.97 Å². The third kappa shape index (κ3) is 5.40. The Balaban J connectivity index is 1.34. The molecule has 0 amide bonds. The van der Waals surface area contributed by atoms with Crippen LogP contribution in [-0.4, -0.2) is 30.4 Å². The number of aliphatic hydroxyl groups is 1. The predicted molar refractivity (Wildman–Crippen MR) is 149 cm³/mol. The second-order valence-corrected chi connectivity index (χ2v) is 10.9. The van der Waals surface area contributed by atoms with Crippen LogP contribution >= 0.6 is 0 Å². The standard InChI is InChI=1S/C33H37FO5/c1-6-21-13-26-23(14-27-31(26)32(27)33(36)37-7-2)15-29(21)39-17-24-12-22(8-9-28(24)34)30-18(3)10-25(11-19(30)4)38-16-20(5)35/h8-13,15,20,27,31-32,35H,6-7,14,16-17H2,1-5H3. The van der Waals surface area contributed by atoms with E-state index in [-0.39, 0.29) is 36.8 Å². The predicted octanol–water partition coefficient (Wildman–Crippen LogP) is 6.46. The van der Waals surface area contributed by atoms with Crippen molar-refractivity contribution in [1.82, 2.24) is 0 Å². The van der Waals surface area contributed by atoms with Gasteiger partial charge in [-0.15, -0.1) is 0 Å². The Morgan fingerprint density at radius 2 is 1.79 bits per heavy atom. The maximum atomic E-state index is 14.9. The number of hydrogen-bond donors (Lipinski definition) is 1. The van der Waals surface area contributed by atoms with Crippen molar-refractivity contribution in [2.75, 3.05) is 13.2 Å². The zero-order valence-electron chi connectivity index (χ0n) is 23.3. The maximum Gasteiger partial charge on any atom is 0.309 e. The minimum atomic E-state index is -0.545. The highest BCUT2D eigenvalue weighted by Gasteiger charge is 2.60. The molecule has 39 heavy (non-hydrogen) atoms. The summed E-state index contributed by atoms with van der Waals surface area (Å²) >= 11 is 0. The molecule has 2 aliphatic carbocycles. The zero-order valence-corrected chi connectivity index (χ0v) is 23.3. The first kappa shape index (κ1) is 27.2. The van der Waals surface area contributed by atoms with Crippen molar-refractivity contribution in [1.29, 1.82) is 0 Å². The molecule has 0 spiro atoms. The molecule has 0 saturated heterocycles. The molecule has 6 heteroatoms. The summed E-state index contributed by atoms with van der Waals surface area (Å²) in [7, 11) is 0. The normalized spacial score (nSPS) is 19.7. The molecule has 3 aromatic rings. The number of aryl methyl sites for hydroxylation is 3. The SMILES string of the molecule is CCOC(=O)C1C2Cc3cc(OCc4cc(-c5c(C)cc(OCC(C)O)cc5C)ccc4F)c(CC)cc3C21. The lowest BCUT2D eigenvalue weighted by Gasteiger charge is -2.17. The summed E-state index contributed by atoms with van der Waals surface area (Å²) in [5.41, 5.74) is 8.00. The molecule has 5 nitrogen and oxygen atoms in total. The van der Waals surface area contributed by atoms with E-state index in [4.69, 9.17) is 14.2 Å². The molecule has 1 fully saturated rings. The van der Waals surface area contributed by atoms with E-state index >= 15 is 0 Å². The van der Waals surface area contributed by atoms with Gasteiger partial charge in [-0.05, 0) is 116 Å². The molecular weight excluding hydrogens is 495 g/mol. The molecule has 0 heterocycles. The molecule has 0 bridgehead atoms. The summed E-state index contributed by atoms with van der Waals surface area (Å²) in [4.78, 5) is 12.3. The van der Waals surface area contributed by atoms with Crippen LogP contribution in [0, 0.1) is 31.5 Å². The molecule has 4 unspecified atom stereocenters. The van der Waals surface area contributed by atoms with Gasteiger partial charge in [0.25, 0.3) is 0 Å². The second kappa shape index (κ2) is 11.0. The number of esters is 1. The summed E-state index contributed by atoms with van der Waals surface area (Å²) in [6.45, 7) is 10.4. The van der Waals surface area contributed by atoms with Gasteiger partial charge in [0.1, 0.15) is 30.5 Å². The van der Waals surface area contributed by atoms with Crippen LogP contribution in [0.1, 0.15) is 60.1 Å². The van der Waals surface area contributed by atoms with Gasteiger partial charge in [0, 0.05) is 11.5 Å². The Hall–Kier alpha value is -3.38. The molecule has 0 aliphatic heterocycles. The fourth-order valence-corrected chi connectivity index (χ4v) is 6.12. The highest BCUT2D eigenvalue weighted by atomic mass is 19.1. The van der Waals surface area contributed by atoms with Crippen LogP contribution in [0.15, 0.2) is 42.5 Å². The van der Waals surface area contributed by atoms with Gasteiger partial charge in [-0.3, -0.25) is 4.79 Å². The number of fused-ring (bicyclic) bond motifs is 3. The molecular formula is C33H37FO5. The average molecular weight is 533 g/mol. The van der Waals surface area contributed by atoms with Gasteiger partial charge in [0.05, 0.1) is 18.6 Å². The number of carbonyl (C=O) groups is 1. The fraction of sp³-hybridized carbons (Fsp3) is 0.424. The fourth-order valence-electron chi connectivity index (χ4n) is 6.12. The Morgan fingerprint density at radius 3 is 2.46 bits per heavy atom. The molecule has 0 aromatic heterocycles. The molecule has 0 radical (unpaired) electrons. The summed E-state index contributed by atoms with van der Waals surface area (Å²) in [5.74, 6) is 1.66. The van der Waals surface area contributed by atoms with Gasteiger partial charge >= 0.3 is 5.97 Å². The first-order chi connectivity index (χ1) is 18.7. The maximum absolute atomic E-state index is 14.9. The molecule has 1 N–H and O–H groups in total. The lowest BCUT2D eigenvalue weighted by Crippen LogP contribution is -2.13. The van der Waals surface area contributed by atoms with E-state index in [1.807, 2.05) is 39.0 Å². The molecule has 3 aromatic carbocycles. The van der Waals surface area contributed by atoms with Gasteiger partial charge in [0.2, 0.25) is 0 Å². The van der Waals surface area contributed by atoms with Crippen molar-refractivity contribution in [3.63, 3.8) is 0 Å². The topological polar surface area (TPSA) is 65.0 Å². The van der Waals surface area contributed by atoms with Crippen LogP contribution in [0.5, 0.6) is 11.5 Å². The van der Waals surface area contributed by atoms with E-state index < -0.39 is 6.10 Å². The first-order valence-corrected chi connectivity index (χ1v) is 13.9. The molecule has 5 rings (SSSR count). The van der Waals surface area contributed by atoms with E-state index in [0.717, 1.165) is 46.4 Å². The molecule has 1 saturated carbocycles. The summed E-state index contributed by atoms with van der Waals surface area (Å²) in [6.07, 6.45) is 1.09.